The minimum atomic E-state index is -0.981. The van der Waals surface area contributed by atoms with Gasteiger partial charge in [0.25, 0.3) is 0 Å². The summed E-state index contributed by atoms with van der Waals surface area (Å²) in [4.78, 5) is 4.15. The van der Waals surface area contributed by atoms with Crippen LogP contribution >= 0.6 is 0 Å². The van der Waals surface area contributed by atoms with E-state index in [0.29, 0.717) is 18.3 Å². The lowest BCUT2D eigenvalue weighted by molar-refractivity contribution is 0.0283. The van der Waals surface area contributed by atoms with Crippen molar-refractivity contribution in [2.45, 2.75) is 52.4 Å². The smallest absolute Gasteiger partial charge is 0.161 e. The fourth-order valence-corrected chi connectivity index (χ4v) is 2.32. The summed E-state index contributed by atoms with van der Waals surface area (Å²) < 4.78 is 14.2. The van der Waals surface area contributed by atoms with Crippen LogP contribution in [0.5, 0.6) is 0 Å². The van der Waals surface area contributed by atoms with Crippen molar-refractivity contribution in [3.63, 3.8) is 0 Å². The van der Waals surface area contributed by atoms with Crippen LogP contribution < -0.4 is 0 Å². The number of hydrazine groups is 1. The Balaban J connectivity index is 3.09. The first kappa shape index (κ1) is 15.9. The fraction of sp³-hybridized carbons (Fsp3) is 0.667. The van der Waals surface area contributed by atoms with Crippen molar-refractivity contribution in [2.75, 3.05) is 14.1 Å². The first-order valence-corrected chi connectivity index (χ1v) is 6.86. The van der Waals surface area contributed by atoms with Crippen molar-refractivity contribution in [2.24, 2.45) is 4.99 Å². The minimum Gasteiger partial charge on any atom is -0.283 e. The van der Waals surface area contributed by atoms with Crippen molar-refractivity contribution in [3.05, 3.63) is 23.8 Å². The van der Waals surface area contributed by atoms with E-state index in [9.17, 15) is 4.39 Å². The van der Waals surface area contributed by atoms with Crippen LogP contribution in [0.15, 0.2) is 28.8 Å². The molecule has 0 bridgehead atoms. The van der Waals surface area contributed by atoms with Gasteiger partial charge in [-0.25, -0.2) is 9.40 Å². The maximum absolute atomic E-state index is 14.2. The van der Waals surface area contributed by atoms with Gasteiger partial charge in [-0.05, 0) is 33.3 Å². The lowest BCUT2D eigenvalue weighted by Gasteiger charge is -2.38. The number of hydrogen-bond acceptors (Lipinski definition) is 2. The first-order chi connectivity index (χ1) is 8.93. The largest absolute Gasteiger partial charge is 0.283 e. The third-order valence-electron chi connectivity index (χ3n) is 3.63. The van der Waals surface area contributed by atoms with Crippen LogP contribution in [-0.2, 0) is 0 Å². The standard InChI is InChI=1S/C15H26FN3/c1-7-8-9-12(4)14-10-13(16)15(17-5)19(14)18(6)11(2)3/h7-9,11,13-14H,10H2,1-6H3/b8-7-,12-9+,17-15?. The van der Waals surface area contributed by atoms with E-state index in [2.05, 4.69) is 36.8 Å². The molecule has 1 rings (SSSR count). The maximum Gasteiger partial charge on any atom is 0.161 e. The zero-order chi connectivity index (χ0) is 14.6. The molecule has 1 fully saturated rings. The van der Waals surface area contributed by atoms with Gasteiger partial charge < -0.3 is 0 Å². The highest BCUT2D eigenvalue weighted by Gasteiger charge is 2.40. The summed E-state index contributed by atoms with van der Waals surface area (Å²) in [6, 6.07) is 0.358. The summed E-state index contributed by atoms with van der Waals surface area (Å²) in [6.07, 6.45) is 5.53. The van der Waals surface area contributed by atoms with Gasteiger partial charge in [-0.15, -0.1) is 0 Å². The zero-order valence-corrected chi connectivity index (χ0v) is 12.9. The van der Waals surface area contributed by atoms with E-state index in [1.54, 1.807) is 7.05 Å². The van der Waals surface area contributed by atoms with Gasteiger partial charge in [0.1, 0.15) is 5.84 Å². The van der Waals surface area contributed by atoms with E-state index >= 15 is 0 Å². The van der Waals surface area contributed by atoms with Gasteiger partial charge in [-0.2, -0.15) is 0 Å². The molecule has 1 aliphatic rings. The molecule has 0 spiro atoms. The van der Waals surface area contributed by atoms with E-state index in [4.69, 9.17) is 0 Å². The summed E-state index contributed by atoms with van der Waals surface area (Å²) >= 11 is 0. The predicted octanol–water partition coefficient (Wildman–Crippen LogP) is 3.20. The number of rotatable bonds is 4. The summed E-state index contributed by atoms with van der Waals surface area (Å²) in [5.74, 6) is 0.537. The molecule has 108 valence electrons. The lowest BCUT2D eigenvalue weighted by Crippen LogP contribution is -2.50. The quantitative estimate of drug-likeness (QED) is 0.728. The lowest BCUT2D eigenvalue weighted by atomic mass is 10.1. The van der Waals surface area contributed by atoms with Crippen molar-refractivity contribution in [1.82, 2.24) is 10.0 Å². The molecule has 0 amide bonds. The summed E-state index contributed by atoms with van der Waals surface area (Å²) in [6.45, 7) is 8.23. The SMILES string of the molecule is C/C=C\C=C(/C)C1CC(F)C(=NC)N1N(C)C(C)C. The van der Waals surface area contributed by atoms with Gasteiger partial charge in [-0.3, -0.25) is 10.0 Å². The molecular weight excluding hydrogens is 241 g/mol. The number of alkyl halides is 1. The predicted molar refractivity (Wildman–Crippen MR) is 80.0 cm³/mol. The van der Waals surface area contributed by atoms with Gasteiger partial charge in [-0.1, -0.05) is 18.2 Å². The fourth-order valence-electron chi connectivity index (χ4n) is 2.32. The van der Waals surface area contributed by atoms with E-state index in [1.165, 1.54) is 0 Å². The molecule has 0 aromatic rings. The number of halogens is 1. The van der Waals surface area contributed by atoms with Gasteiger partial charge in [0.2, 0.25) is 0 Å². The van der Waals surface area contributed by atoms with E-state index in [0.717, 1.165) is 5.57 Å². The number of amidine groups is 1. The first-order valence-electron chi connectivity index (χ1n) is 6.86. The molecule has 1 saturated heterocycles. The second kappa shape index (κ2) is 6.85. The van der Waals surface area contributed by atoms with Gasteiger partial charge >= 0.3 is 0 Å². The molecule has 0 N–H and O–H groups in total. The number of allylic oxidation sites excluding steroid dienone is 3. The van der Waals surface area contributed by atoms with Gasteiger partial charge in [0.15, 0.2) is 6.17 Å². The molecular formula is C15H26FN3. The van der Waals surface area contributed by atoms with Crippen LogP contribution in [-0.4, -0.2) is 48.2 Å². The van der Waals surface area contributed by atoms with Crippen molar-refractivity contribution in [1.29, 1.82) is 0 Å². The van der Waals surface area contributed by atoms with E-state index in [1.807, 2.05) is 31.1 Å². The Morgan fingerprint density at radius 2 is 2.16 bits per heavy atom. The van der Waals surface area contributed by atoms with Crippen molar-refractivity contribution in [3.8, 4) is 0 Å². The second-order valence-electron chi connectivity index (χ2n) is 5.25. The molecule has 1 aliphatic heterocycles. The second-order valence-corrected chi connectivity index (χ2v) is 5.25. The Morgan fingerprint density at radius 1 is 1.53 bits per heavy atom. The highest BCUT2D eigenvalue weighted by atomic mass is 19.1. The Hall–Kier alpha value is -1.16. The average Bonchev–Trinajstić information content (AvgIpc) is 2.71. The zero-order valence-electron chi connectivity index (χ0n) is 12.9. The Kier molecular flexibility index (Phi) is 5.73. The van der Waals surface area contributed by atoms with Gasteiger partial charge in [0, 0.05) is 26.6 Å². The molecule has 0 aliphatic carbocycles. The minimum absolute atomic E-state index is 0.0531. The molecule has 0 radical (unpaired) electrons. The highest BCUT2D eigenvalue weighted by molar-refractivity contribution is 5.89. The average molecular weight is 267 g/mol. The number of hydrogen-bond donors (Lipinski definition) is 0. The van der Waals surface area contributed by atoms with E-state index in [-0.39, 0.29) is 6.04 Å². The molecule has 0 aromatic carbocycles. The summed E-state index contributed by atoms with van der Waals surface area (Å²) in [7, 11) is 3.65. The Labute approximate surface area is 116 Å². The monoisotopic (exact) mass is 267 g/mol. The van der Waals surface area contributed by atoms with Crippen molar-refractivity contribution < 1.29 is 4.39 Å². The molecule has 2 unspecified atom stereocenters. The Bertz CT molecular complexity index is 385. The third-order valence-corrected chi connectivity index (χ3v) is 3.63. The molecule has 0 saturated carbocycles. The molecule has 0 aromatic heterocycles. The molecule has 1 heterocycles. The molecule has 2 atom stereocenters. The van der Waals surface area contributed by atoms with E-state index < -0.39 is 6.17 Å². The summed E-state index contributed by atoms with van der Waals surface area (Å²) in [5, 5.41) is 4.07. The third kappa shape index (κ3) is 3.44. The topological polar surface area (TPSA) is 18.8 Å². The molecule has 19 heavy (non-hydrogen) atoms. The van der Waals surface area contributed by atoms with Crippen LogP contribution in [0.2, 0.25) is 0 Å². The summed E-state index contributed by atoms with van der Waals surface area (Å²) in [5.41, 5.74) is 1.16. The maximum atomic E-state index is 14.2. The Morgan fingerprint density at radius 3 is 2.63 bits per heavy atom. The number of nitrogens with zero attached hydrogens (tertiary/aromatic N) is 3. The van der Waals surface area contributed by atoms with Crippen LogP contribution in [0.4, 0.5) is 4.39 Å². The number of aliphatic imine (C=N–C) groups is 1. The van der Waals surface area contributed by atoms with Crippen molar-refractivity contribution >= 4 is 5.84 Å². The normalized spacial score (nSPS) is 27.5. The van der Waals surface area contributed by atoms with Crippen LogP contribution in [0, 0.1) is 0 Å². The highest BCUT2D eigenvalue weighted by Crippen LogP contribution is 2.29. The van der Waals surface area contributed by atoms with Gasteiger partial charge in [0.05, 0.1) is 6.04 Å². The van der Waals surface area contributed by atoms with Crippen LogP contribution in [0.25, 0.3) is 0 Å². The van der Waals surface area contributed by atoms with Crippen LogP contribution in [0.3, 0.4) is 0 Å². The molecule has 3 nitrogen and oxygen atoms in total. The van der Waals surface area contributed by atoms with Crippen LogP contribution in [0.1, 0.15) is 34.1 Å². The molecule has 4 heteroatoms.